The first-order valence-corrected chi connectivity index (χ1v) is 4.18. The summed E-state index contributed by atoms with van der Waals surface area (Å²) in [5.41, 5.74) is 0. The van der Waals surface area contributed by atoms with E-state index < -0.39 is 11.9 Å². The van der Waals surface area contributed by atoms with E-state index in [-0.39, 0.29) is 12.3 Å². The van der Waals surface area contributed by atoms with Crippen molar-refractivity contribution in [2.24, 2.45) is 11.8 Å². The minimum absolute atomic E-state index is 0.220. The third kappa shape index (κ3) is 4.88. The SMILES string of the molecule is CC(C)C.CC1CC(=O)OC1=O. The molecule has 0 aromatic rings. The highest BCUT2D eigenvalue weighted by molar-refractivity contribution is 5.94. The highest BCUT2D eigenvalue weighted by Gasteiger charge is 2.28. The van der Waals surface area contributed by atoms with E-state index >= 15 is 0 Å². The quantitative estimate of drug-likeness (QED) is 0.413. The summed E-state index contributed by atoms with van der Waals surface area (Å²) >= 11 is 0. The van der Waals surface area contributed by atoms with Gasteiger partial charge in [-0.15, -0.1) is 0 Å². The molecule has 0 amide bonds. The largest absolute Gasteiger partial charge is 0.393 e. The summed E-state index contributed by atoms with van der Waals surface area (Å²) < 4.78 is 4.20. The zero-order chi connectivity index (χ0) is 9.72. The number of ether oxygens (including phenoxy) is 1. The van der Waals surface area contributed by atoms with Gasteiger partial charge in [-0.2, -0.15) is 0 Å². The van der Waals surface area contributed by atoms with Crippen molar-refractivity contribution in [3.63, 3.8) is 0 Å². The third-order valence-electron chi connectivity index (χ3n) is 1.09. The van der Waals surface area contributed by atoms with Gasteiger partial charge < -0.3 is 4.74 Å². The Kier molecular flexibility index (Phi) is 4.55. The molecule has 1 unspecified atom stereocenters. The van der Waals surface area contributed by atoms with Crippen LogP contribution in [0.15, 0.2) is 0 Å². The van der Waals surface area contributed by atoms with Gasteiger partial charge in [0.15, 0.2) is 0 Å². The molecule has 0 aromatic carbocycles. The zero-order valence-electron chi connectivity index (χ0n) is 8.09. The fraction of sp³-hybridized carbons (Fsp3) is 0.778. The van der Waals surface area contributed by atoms with Crippen molar-refractivity contribution >= 4 is 11.9 Å². The number of carbonyl (C=O) groups is 2. The van der Waals surface area contributed by atoms with Gasteiger partial charge in [0.25, 0.3) is 0 Å². The fourth-order valence-corrected chi connectivity index (χ4v) is 0.588. The summed E-state index contributed by atoms with van der Waals surface area (Å²) in [6, 6.07) is 0. The molecular formula is C9H16O3. The van der Waals surface area contributed by atoms with Gasteiger partial charge in [0, 0.05) is 0 Å². The molecular weight excluding hydrogens is 156 g/mol. The molecule has 0 bridgehead atoms. The molecule has 1 rings (SSSR count). The lowest BCUT2D eigenvalue weighted by Crippen LogP contribution is -2.01. The van der Waals surface area contributed by atoms with Crippen LogP contribution in [-0.4, -0.2) is 11.9 Å². The van der Waals surface area contributed by atoms with Gasteiger partial charge in [-0.05, 0) is 5.92 Å². The lowest BCUT2D eigenvalue weighted by Gasteiger charge is -1.86. The van der Waals surface area contributed by atoms with Crippen LogP contribution in [0.4, 0.5) is 0 Å². The molecule has 1 heterocycles. The number of hydrogen-bond acceptors (Lipinski definition) is 3. The second-order valence-electron chi connectivity index (χ2n) is 3.63. The molecule has 0 aliphatic carbocycles. The summed E-state index contributed by atoms with van der Waals surface area (Å²) in [6.07, 6.45) is 0.249. The van der Waals surface area contributed by atoms with Crippen molar-refractivity contribution in [2.45, 2.75) is 34.1 Å². The van der Waals surface area contributed by atoms with Crippen LogP contribution in [0, 0.1) is 11.8 Å². The number of cyclic esters (lactones) is 2. The minimum atomic E-state index is -0.400. The molecule has 1 saturated heterocycles. The van der Waals surface area contributed by atoms with Gasteiger partial charge >= 0.3 is 11.9 Å². The van der Waals surface area contributed by atoms with Gasteiger partial charge in [0.05, 0.1) is 12.3 Å². The Hall–Kier alpha value is -0.860. The van der Waals surface area contributed by atoms with Crippen LogP contribution in [0.25, 0.3) is 0 Å². The number of rotatable bonds is 0. The Bertz CT molecular complexity index is 170. The Morgan fingerprint density at radius 1 is 1.33 bits per heavy atom. The Labute approximate surface area is 73.1 Å². The molecule has 1 fully saturated rings. The average molecular weight is 172 g/mol. The molecule has 12 heavy (non-hydrogen) atoms. The van der Waals surface area contributed by atoms with E-state index in [0.717, 1.165) is 5.92 Å². The first-order chi connectivity index (χ1) is 5.43. The summed E-state index contributed by atoms with van der Waals surface area (Å²) in [4.78, 5) is 20.6. The Morgan fingerprint density at radius 3 is 1.83 bits per heavy atom. The number of esters is 2. The molecule has 0 N–H and O–H groups in total. The lowest BCUT2D eigenvalue weighted by molar-refractivity contribution is -0.152. The molecule has 0 saturated carbocycles. The molecule has 1 aliphatic heterocycles. The van der Waals surface area contributed by atoms with E-state index in [2.05, 4.69) is 25.5 Å². The van der Waals surface area contributed by atoms with Crippen molar-refractivity contribution in [1.29, 1.82) is 0 Å². The molecule has 1 aliphatic rings. The monoisotopic (exact) mass is 172 g/mol. The number of hydrogen-bond donors (Lipinski definition) is 0. The van der Waals surface area contributed by atoms with Crippen molar-refractivity contribution in [1.82, 2.24) is 0 Å². The topological polar surface area (TPSA) is 43.4 Å². The summed E-state index contributed by atoms with van der Waals surface area (Å²) in [6.45, 7) is 8.17. The maximum atomic E-state index is 10.3. The fourth-order valence-electron chi connectivity index (χ4n) is 0.588. The van der Waals surface area contributed by atoms with Crippen LogP contribution >= 0.6 is 0 Å². The normalized spacial score (nSPS) is 21.9. The summed E-state index contributed by atoms with van der Waals surface area (Å²) in [5, 5.41) is 0. The predicted octanol–water partition coefficient (Wildman–Crippen LogP) is 1.76. The third-order valence-corrected chi connectivity index (χ3v) is 1.09. The highest BCUT2D eigenvalue weighted by atomic mass is 16.6. The predicted molar refractivity (Wildman–Crippen MR) is 45.4 cm³/mol. The van der Waals surface area contributed by atoms with Gasteiger partial charge in [0.1, 0.15) is 0 Å². The van der Waals surface area contributed by atoms with E-state index in [4.69, 9.17) is 0 Å². The van der Waals surface area contributed by atoms with Crippen molar-refractivity contribution < 1.29 is 14.3 Å². The molecule has 3 heteroatoms. The molecule has 0 spiro atoms. The van der Waals surface area contributed by atoms with Gasteiger partial charge in [0.2, 0.25) is 0 Å². The zero-order valence-corrected chi connectivity index (χ0v) is 8.09. The Morgan fingerprint density at radius 2 is 1.75 bits per heavy atom. The second-order valence-corrected chi connectivity index (χ2v) is 3.63. The van der Waals surface area contributed by atoms with E-state index in [1.54, 1.807) is 6.92 Å². The van der Waals surface area contributed by atoms with E-state index in [1.807, 2.05) is 0 Å². The van der Waals surface area contributed by atoms with Crippen molar-refractivity contribution in [3.8, 4) is 0 Å². The molecule has 3 nitrogen and oxygen atoms in total. The van der Waals surface area contributed by atoms with Crippen LogP contribution in [0.1, 0.15) is 34.1 Å². The lowest BCUT2D eigenvalue weighted by atomic mass is 10.1. The van der Waals surface area contributed by atoms with Gasteiger partial charge in [-0.3, -0.25) is 9.59 Å². The van der Waals surface area contributed by atoms with Gasteiger partial charge in [-0.25, -0.2) is 0 Å². The average Bonchev–Trinajstić information content (AvgIpc) is 2.08. The van der Waals surface area contributed by atoms with Gasteiger partial charge in [-0.1, -0.05) is 27.7 Å². The standard InChI is InChI=1S/C5H6O3.C4H10/c1-3-2-4(6)8-5(3)7;1-4(2)3/h3H,2H2,1H3;4H,1-3H3. The molecule has 0 radical (unpaired) electrons. The maximum Gasteiger partial charge on any atom is 0.316 e. The molecule has 0 aromatic heterocycles. The Balaban J connectivity index is 0.000000261. The van der Waals surface area contributed by atoms with Crippen LogP contribution < -0.4 is 0 Å². The van der Waals surface area contributed by atoms with E-state index in [9.17, 15) is 9.59 Å². The molecule has 70 valence electrons. The first kappa shape index (κ1) is 11.1. The van der Waals surface area contributed by atoms with Crippen LogP contribution in [0.2, 0.25) is 0 Å². The first-order valence-electron chi connectivity index (χ1n) is 4.18. The summed E-state index contributed by atoms with van der Waals surface area (Å²) in [5.74, 6) is -0.181. The highest BCUT2D eigenvalue weighted by Crippen LogP contribution is 2.13. The number of carbonyl (C=O) groups excluding carboxylic acids is 2. The van der Waals surface area contributed by atoms with Crippen LogP contribution in [0.3, 0.4) is 0 Å². The van der Waals surface area contributed by atoms with E-state index in [0.29, 0.717) is 0 Å². The summed E-state index contributed by atoms with van der Waals surface area (Å²) in [7, 11) is 0. The smallest absolute Gasteiger partial charge is 0.316 e. The van der Waals surface area contributed by atoms with E-state index in [1.165, 1.54) is 0 Å². The van der Waals surface area contributed by atoms with Crippen LogP contribution in [-0.2, 0) is 14.3 Å². The van der Waals surface area contributed by atoms with Crippen molar-refractivity contribution in [3.05, 3.63) is 0 Å². The maximum absolute atomic E-state index is 10.3. The molecule has 1 atom stereocenters. The van der Waals surface area contributed by atoms with Crippen molar-refractivity contribution in [2.75, 3.05) is 0 Å². The minimum Gasteiger partial charge on any atom is -0.393 e. The second kappa shape index (κ2) is 4.91. The van der Waals surface area contributed by atoms with Crippen LogP contribution in [0.5, 0.6) is 0 Å².